The van der Waals surface area contributed by atoms with E-state index in [2.05, 4.69) is 81.1 Å². The molecule has 0 saturated carbocycles. The normalized spacial score (nSPS) is 26.9. The molecule has 2 unspecified atom stereocenters. The minimum atomic E-state index is 0.153. The molecule has 0 aromatic heterocycles. The Bertz CT molecular complexity index is 695. The van der Waals surface area contributed by atoms with E-state index in [1.807, 2.05) is 0 Å². The van der Waals surface area contributed by atoms with Crippen LogP contribution in [0.15, 0.2) is 53.4 Å². The molecule has 0 fully saturated rings. The van der Waals surface area contributed by atoms with Crippen LogP contribution < -0.4 is 0 Å². The molecule has 1 aliphatic carbocycles. The standard InChI is InChI=1S/C20H22S/c1-19(2,3)20-13-12-17(14-8-4-5-9-15(14)20)21-18-11-7-6-10-16(18)20/h4-11,17H,12-13H2,1-3H3. The first kappa shape index (κ1) is 13.5. The molecule has 0 amide bonds. The van der Waals surface area contributed by atoms with Gasteiger partial charge in [0.15, 0.2) is 0 Å². The molecular formula is C20H22S. The summed E-state index contributed by atoms with van der Waals surface area (Å²) in [4.78, 5) is 1.49. The van der Waals surface area contributed by atoms with Gasteiger partial charge in [-0.3, -0.25) is 0 Å². The third-order valence-electron chi connectivity index (χ3n) is 5.45. The molecule has 0 spiro atoms. The fourth-order valence-corrected chi connectivity index (χ4v) is 5.87. The van der Waals surface area contributed by atoms with Crippen LogP contribution in [0.3, 0.4) is 0 Å². The molecule has 0 saturated heterocycles. The third-order valence-corrected chi connectivity index (χ3v) is 6.83. The van der Waals surface area contributed by atoms with Crippen molar-refractivity contribution in [2.75, 3.05) is 0 Å². The minimum Gasteiger partial charge on any atom is -0.118 e. The summed E-state index contributed by atoms with van der Waals surface area (Å²) in [5.41, 5.74) is 5.07. The average Bonchev–Trinajstić information content (AvgIpc) is 2.71. The van der Waals surface area contributed by atoms with E-state index in [4.69, 9.17) is 0 Å². The van der Waals surface area contributed by atoms with Gasteiger partial charge in [0, 0.05) is 15.6 Å². The molecule has 1 heteroatoms. The first-order chi connectivity index (χ1) is 10.0. The van der Waals surface area contributed by atoms with Gasteiger partial charge in [-0.15, -0.1) is 11.8 Å². The lowest BCUT2D eigenvalue weighted by molar-refractivity contribution is 0.197. The van der Waals surface area contributed by atoms with Crippen LogP contribution in [0.5, 0.6) is 0 Å². The fraction of sp³-hybridized carbons (Fsp3) is 0.400. The van der Waals surface area contributed by atoms with Crippen LogP contribution in [0.1, 0.15) is 55.6 Å². The van der Waals surface area contributed by atoms with Gasteiger partial charge in [-0.2, -0.15) is 0 Å². The van der Waals surface area contributed by atoms with E-state index in [0.29, 0.717) is 5.25 Å². The number of hydrogen-bond donors (Lipinski definition) is 0. The summed E-state index contributed by atoms with van der Waals surface area (Å²) < 4.78 is 0. The summed E-state index contributed by atoms with van der Waals surface area (Å²) in [6.07, 6.45) is 2.55. The molecule has 0 radical (unpaired) electrons. The molecule has 21 heavy (non-hydrogen) atoms. The highest BCUT2D eigenvalue weighted by atomic mass is 32.2. The molecule has 2 aromatic carbocycles. The molecule has 0 nitrogen and oxygen atoms in total. The van der Waals surface area contributed by atoms with Crippen molar-refractivity contribution in [3.05, 3.63) is 65.2 Å². The molecule has 3 aliphatic rings. The van der Waals surface area contributed by atoms with Crippen molar-refractivity contribution in [1.82, 2.24) is 0 Å². The molecule has 2 atom stereocenters. The van der Waals surface area contributed by atoms with Crippen LogP contribution in [-0.2, 0) is 5.41 Å². The van der Waals surface area contributed by atoms with E-state index in [0.717, 1.165) is 0 Å². The van der Waals surface area contributed by atoms with Crippen LogP contribution in [0.2, 0.25) is 0 Å². The quantitative estimate of drug-likeness (QED) is 0.577. The number of rotatable bonds is 0. The van der Waals surface area contributed by atoms with Crippen molar-refractivity contribution in [2.24, 2.45) is 5.41 Å². The van der Waals surface area contributed by atoms with Crippen LogP contribution in [-0.4, -0.2) is 0 Å². The summed E-state index contributed by atoms with van der Waals surface area (Å²) in [6.45, 7) is 7.24. The van der Waals surface area contributed by atoms with Gasteiger partial charge in [-0.05, 0) is 41.0 Å². The predicted octanol–water partition coefficient (Wildman–Crippen LogP) is 5.96. The Morgan fingerprint density at radius 2 is 1.62 bits per heavy atom. The Labute approximate surface area is 132 Å². The Morgan fingerprint density at radius 1 is 0.952 bits per heavy atom. The van der Waals surface area contributed by atoms with Crippen molar-refractivity contribution in [2.45, 2.75) is 49.2 Å². The van der Waals surface area contributed by atoms with Crippen molar-refractivity contribution in [3.8, 4) is 0 Å². The third kappa shape index (κ3) is 1.70. The zero-order valence-corrected chi connectivity index (χ0v) is 13.8. The van der Waals surface area contributed by atoms with Gasteiger partial charge in [0.1, 0.15) is 0 Å². The molecule has 108 valence electrons. The molecular weight excluding hydrogens is 272 g/mol. The molecule has 2 heterocycles. The largest absolute Gasteiger partial charge is 0.118 e. The summed E-state index contributed by atoms with van der Waals surface area (Å²) in [6, 6.07) is 18.3. The highest BCUT2D eigenvalue weighted by Gasteiger charge is 2.51. The van der Waals surface area contributed by atoms with Gasteiger partial charge >= 0.3 is 0 Å². The van der Waals surface area contributed by atoms with E-state index < -0.39 is 0 Å². The number of benzene rings is 2. The first-order valence-corrected chi connectivity index (χ1v) is 8.77. The van der Waals surface area contributed by atoms with Crippen molar-refractivity contribution in [3.63, 3.8) is 0 Å². The Balaban J connectivity index is 2.12. The number of fused-ring (bicyclic) bond motifs is 1. The van der Waals surface area contributed by atoms with Gasteiger partial charge in [0.2, 0.25) is 0 Å². The van der Waals surface area contributed by atoms with Crippen LogP contribution in [0.25, 0.3) is 0 Å². The fourth-order valence-electron chi connectivity index (χ4n) is 4.46. The number of hydrogen-bond acceptors (Lipinski definition) is 1. The van der Waals surface area contributed by atoms with E-state index in [-0.39, 0.29) is 10.8 Å². The van der Waals surface area contributed by atoms with Crippen LogP contribution in [0, 0.1) is 5.41 Å². The minimum absolute atomic E-state index is 0.153. The zero-order valence-electron chi connectivity index (χ0n) is 13.0. The zero-order chi connectivity index (χ0) is 14.7. The predicted molar refractivity (Wildman–Crippen MR) is 91.0 cm³/mol. The maximum atomic E-state index is 2.41. The molecule has 2 aliphatic heterocycles. The Morgan fingerprint density at radius 3 is 2.38 bits per heavy atom. The van der Waals surface area contributed by atoms with Crippen molar-refractivity contribution in [1.29, 1.82) is 0 Å². The summed E-state index contributed by atoms with van der Waals surface area (Å²) >= 11 is 2.08. The van der Waals surface area contributed by atoms with Gasteiger partial charge in [-0.1, -0.05) is 63.2 Å². The lowest BCUT2D eigenvalue weighted by Gasteiger charge is -2.49. The second-order valence-corrected chi connectivity index (χ2v) is 8.63. The van der Waals surface area contributed by atoms with Gasteiger partial charge < -0.3 is 0 Å². The smallest absolute Gasteiger partial charge is 0.0348 e. The van der Waals surface area contributed by atoms with Crippen LogP contribution >= 0.6 is 11.8 Å². The van der Waals surface area contributed by atoms with E-state index in [9.17, 15) is 0 Å². The highest BCUT2D eigenvalue weighted by Crippen LogP contribution is 2.63. The van der Waals surface area contributed by atoms with Crippen molar-refractivity contribution < 1.29 is 0 Å². The second kappa shape index (κ2) is 4.39. The Hall–Kier alpha value is -1.21. The monoisotopic (exact) mass is 294 g/mol. The highest BCUT2D eigenvalue weighted by molar-refractivity contribution is 7.99. The summed E-state index contributed by atoms with van der Waals surface area (Å²) in [7, 11) is 0. The van der Waals surface area contributed by atoms with Crippen molar-refractivity contribution >= 4 is 11.8 Å². The summed E-state index contributed by atoms with van der Waals surface area (Å²) in [5, 5.41) is 0.625. The Kier molecular flexibility index (Phi) is 2.81. The van der Waals surface area contributed by atoms with E-state index in [1.54, 1.807) is 16.7 Å². The van der Waals surface area contributed by atoms with E-state index >= 15 is 0 Å². The molecule has 2 aromatic rings. The van der Waals surface area contributed by atoms with E-state index in [1.165, 1.54) is 17.7 Å². The second-order valence-electron chi connectivity index (χ2n) is 7.38. The lowest BCUT2D eigenvalue weighted by Crippen LogP contribution is -2.43. The SMILES string of the molecule is CC(C)(C)C12CCC(Sc3ccccc31)c1ccccc12. The van der Waals surface area contributed by atoms with Gasteiger partial charge in [-0.25, -0.2) is 0 Å². The summed E-state index contributed by atoms with van der Waals surface area (Å²) in [5.74, 6) is 0. The molecule has 2 bridgehead atoms. The maximum absolute atomic E-state index is 2.41. The van der Waals surface area contributed by atoms with Crippen LogP contribution in [0.4, 0.5) is 0 Å². The van der Waals surface area contributed by atoms with Gasteiger partial charge in [0.25, 0.3) is 0 Å². The average molecular weight is 294 g/mol. The first-order valence-electron chi connectivity index (χ1n) is 7.90. The van der Waals surface area contributed by atoms with Gasteiger partial charge in [0.05, 0.1) is 0 Å². The topological polar surface area (TPSA) is 0 Å². The number of thioether (sulfide) groups is 1. The molecule has 0 N–H and O–H groups in total. The lowest BCUT2D eigenvalue weighted by atomic mass is 9.54. The maximum Gasteiger partial charge on any atom is 0.0348 e. The molecule has 5 rings (SSSR count).